The number of anilines is 1. The van der Waals surface area contributed by atoms with Crippen molar-refractivity contribution in [1.82, 2.24) is 14.8 Å². The van der Waals surface area contributed by atoms with E-state index in [0.29, 0.717) is 16.5 Å². The van der Waals surface area contributed by atoms with Gasteiger partial charge in [0.15, 0.2) is 11.5 Å². The van der Waals surface area contributed by atoms with Crippen LogP contribution in [0.15, 0.2) is 42.6 Å². The van der Waals surface area contributed by atoms with Crippen LogP contribution >= 0.6 is 11.6 Å². The molecular formula is C12H9ClN4. The zero-order chi connectivity index (χ0) is 11.8. The topological polar surface area (TPSA) is 56.7 Å². The van der Waals surface area contributed by atoms with Gasteiger partial charge in [-0.1, -0.05) is 23.7 Å². The SMILES string of the molecule is Nc1nn(-c2ccccc2Cl)c2ncccc12. The molecule has 0 aliphatic rings. The van der Waals surface area contributed by atoms with E-state index >= 15 is 0 Å². The van der Waals surface area contributed by atoms with Crippen molar-refractivity contribution in [3.05, 3.63) is 47.6 Å². The van der Waals surface area contributed by atoms with Crippen molar-refractivity contribution in [2.24, 2.45) is 0 Å². The van der Waals surface area contributed by atoms with Crippen LogP contribution in [0.2, 0.25) is 5.02 Å². The average molecular weight is 245 g/mol. The Kier molecular flexibility index (Phi) is 2.23. The Bertz CT molecular complexity index is 690. The summed E-state index contributed by atoms with van der Waals surface area (Å²) in [6.45, 7) is 0. The molecule has 0 bridgehead atoms. The highest BCUT2D eigenvalue weighted by Gasteiger charge is 2.11. The van der Waals surface area contributed by atoms with Crippen LogP contribution in [-0.2, 0) is 0 Å². The average Bonchev–Trinajstić information content (AvgIpc) is 2.68. The molecule has 4 nitrogen and oxygen atoms in total. The Morgan fingerprint density at radius 1 is 1.12 bits per heavy atom. The van der Waals surface area contributed by atoms with E-state index in [4.69, 9.17) is 17.3 Å². The fourth-order valence-corrected chi connectivity index (χ4v) is 1.98. The van der Waals surface area contributed by atoms with Crippen LogP contribution in [0.25, 0.3) is 16.7 Å². The van der Waals surface area contributed by atoms with Gasteiger partial charge in [0.25, 0.3) is 0 Å². The second-order valence-electron chi connectivity index (χ2n) is 3.62. The Morgan fingerprint density at radius 3 is 2.76 bits per heavy atom. The van der Waals surface area contributed by atoms with E-state index in [1.54, 1.807) is 10.9 Å². The molecule has 0 aliphatic heterocycles. The van der Waals surface area contributed by atoms with E-state index in [1.165, 1.54) is 0 Å². The highest BCUT2D eigenvalue weighted by molar-refractivity contribution is 6.32. The van der Waals surface area contributed by atoms with E-state index in [0.717, 1.165) is 11.1 Å². The molecule has 0 fully saturated rings. The van der Waals surface area contributed by atoms with Crippen LogP contribution in [0.3, 0.4) is 0 Å². The van der Waals surface area contributed by atoms with Crippen molar-refractivity contribution in [3.63, 3.8) is 0 Å². The molecule has 0 unspecified atom stereocenters. The zero-order valence-electron chi connectivity index (χ0n) is 8.84. The Balaban J connectivity index is 2.35. The third-order valence-corrected chi connectivity index (χ3v) is 2.87. The van der Waals surface area contributed by atoms with Crippen LogP contribution in [0, 0.1) is 0 Å². The number of nitrogens with zero attached hydrogens (tertiary/aromatic N) is 3. The summed E-state index contributed by atoms with van der Waals surface area (Å²) in [4.78, 5) is 4.28. The molecular weight excluding hydrogens is 236 g/mol. The van der Waals surface area contributed by atoms with Gasteiger partial charge in [0.2, 0.25) is 0 Å². The summed E-state index contributed by atoms with van der Waals surface area (Å²) < 4.78 is 1.66. The van der Waals surface area contributed by atoms with Gasteiger partial charge in [0.1, 0.15) is 0 Å². The number of fused-ring (bicyclic) bond motifs is 1. The maximum Gasteiger partial charge on any atom is 0.165 e. The number of benzene rings is 1. The summed E-state index contributed by atoms with van der Waals surface area (Å²) in [6, 6.07) is 11.2. The molecule has 0 amide bonds. The molecule has 0 aliphatic carbocycles. The van der Waals surface area contributed by atoms with Gasteiger partial charge in [-0.25, -0.2) is 9.67 Å². The number of rotatable bonds is 1. The van der Waals surface area contributed by atoms with E-state index in [9.17, 15) is 0 Å². The van der Waals surface area contributed by atoms with Gasteiger partial charge in [0, 0.05) is 6.20 Å². The summed E-state index contributed by atoms with van der Waals surface area (Å²) in [5.41, 5.74) is 7.33. The van der Waals surface area contributed by atoms with Crippen molar-refractivity contribution in [1.29, 1.82) is 0 Å². The Labute approximate surface area is 103 Å². The van der Waals surface area contributed by atoms with E-state index < -0.39 is 0 Å². The highest BCUT2D eigenvalue weighted by Crippen LogP contribution is 2.25. The Hall–Kier alpha value is -2.07. The van der Waals surface area contributed by atoms with Gasteiger partial charge in [-0.05, 0) is 24.3 Å². The number of hydrogen-bond acceptors (Lipinski definition) is 3. The van der Waals surface area contributed by atoms with Gasteiger partial charge in [-0.3, -0.25) is 0 Å². The molecule has 2 aromatic heterocycles. The number of nitrogen functional groups attached to an aromatic ring is 1. The number of hydrogen-bond donors (Lipinski definition) is 1. The van der Waals surface area contributed by atoms with E-state index in [2.05, 4.69) is 10.1 Å². The van der Waals surface area contributed by atoms with Gasteiger partial charge in [0.05, 0.1) is 16.1 Å². The molecule has 2 heterocycles. The van der Waals surface area contributed by atoms with Crippen molar-refractivity contribution < 1.29 is 0 Å². The van der Waals surface area contributed by atoms with Gasteiger partial charge in [-0.2, -0.15) is 0 Å². The predicted octanol–water partition coefficient (Wildman–Crippen LogP) is 2.66. The minimum atomic E-state index is 0.452. The molecule has 17 heavy (non-hydrogen) atoms. The lowest BCUT2D eigenvalue weighted by Gasteiger charge is -2.03. The quantitative estimate of drug-likeness (QED) is 0.716. The van der Waals surface area contributed by atoms with Crippen LogP contribution in [-0.4, -0.2) is 14.8 Å². The molecule has 2 N–H and O–H groups in total. The van der Waals surface area contributed by atoms with Crippen molar-refractivity contribution in [2.45, 2.75) is 0 Å². The number of nitrogens with two attached hydrogens (primary N) is 1. The first-order chi connectivity index (χ1) is 8.27. The molecule has 0 spiro atoms. The molecule has 0 atom stereocenters. The fraction of sp³-hybridized carbons (Fsp3) is 0. The molecule has 3 aromatic rings. The first-order valence-electron chi connectivity index (χ1n) is 5.11. The van der Waals surface area contributed by atoms with Crippen LogP contribution in [0.1, 0.15) is 0 Å². The molecule has 0 saturated carbocycles. The maximum atomic E-state index is 6.14. The van der Waals surface area contributed by atoms with E-state index in [-0.39, 0.29) is 0 Å². The monoisotopic (exact) mass is 244 g/mol. The van der Waals surface area contributed by atoms with Crippen molar-refractivity contribution in [2.75, 3.05) is 5.73 Å². The smallest absolute Gasteiger partial charge is 0.165 e. The van der Waals surface area contributed by atoms with Crippen LogP contribution < -0.4 is 5.73 Å². The summed E-state index contributed by atoms with van der Waals surface area (Å²) >= 11 is 6.14. The summed E-state index contributed by atoms with van der Waals surface area (Å²) in [7, 11) is 0. The van der Waals surface area contributed by atoms with Crippen LogP contribution in [0.4, 0.5) is 5.82 Å². The third-order valence-electron chi connectivity index (χ3n) is 2.55. The number of pyridine rings is 1. The molecule has 0 saturated heterocycles. The lowest BCUT2D eigenvalue weighted by molar-refractivity contribution is 0.903. The van der Waals surface area contributed by atoms with Crippen molar-refractivity contribution >= 4 is 28.5 Å². The van der Waals surface area contributed by atoms with Crippen LogP contribution in [0.5, 0.6) is 0 Å². The normalized spacial score (nSPS) is 10.9. The van der Waals surface area contributed by atoms with Gasteiger partial charge in [-0.15, -0.1) is 5.10 Å². The third kappa shape index (κ3) is 1.54. The minimum absolute atomic E-state index is 0.452. The largest absolute Gasteiger partial charge is 0.382 e. The summed E-state index contributed by atoms with van der Waals surface area (Å²) in [6.07, 6.45) is 1.71. The zero-order valence-corrected chi connectivity index (χ0v) is 9.59. The lowest BCUT2D eigenvalue weighted by atomic mass is 10.3. The van der Waals surface area contributed by atoms with Gasteiger partial charge >= 0.3 is 0 Å². The fourth-order valence-electron chi connectivity index (χ4n) is 1.77. The van der Waals surface area contributed by atoms with Crippen molar-refractivity contribution in [3.8, 4) is 5.69 Å². The number of para-hydroxylation sites is 1. The molecule has 0 radical (unpaired) electrons. The summed E-state index contributed by atoms with van der Waals surface area (Å²) in [5, 5.41) is 5.71. The standard InChI is InChI=1S/C12H9ClN4/c13-9-5-1-2-6-10(9)17-12-8(11(14)16-17)4-3-7-15-12/h1-7H,(H2,14,16). The Morgan fingerprint density at radius 2 is 1.94 bits per heavy atom. The minimum Gasteiger partial charge on any atom is -0.382 e. The summed E-state index contributed by atoms with van der Waals surface area (Å²) in [5.74, 6) is 0.452. The molecule has 1 aromatic carbocycles. The predicted molar refractivity (Wildman–Crippen MR) is 68.3 cm³/mol. The highest BCUT2D eigenvalue weighted by atomic mass is 35.5. The van der Waals surface area contributed by atoms with Gasteiger partial charge < -0.3 is 5.73 Å². The number of aromatic nitrogens is 3. The molecule has 3 rings (SSSR count). The van der Waals surface area contributed by atoms with E-state index in [1.807, 2.05) is 36.4 Å². The first kappa shape index (κ1) is 10.1. The second-order valence-corrected chi connectivity index (χ2v) is 4.03. The number of halogens is 1. The maximum absolute atomic E-state index is 6.14. The second kappa shape index (κ2) is 3.75. The molecule has 5 heteroatoms. The first-order valence-corrected chi connectivity index (χ1v) is 5.49. The molecule has 84 valence electrons. The lowest BCUT2D eigenvalue weighted by Crippen LogP contribution is -1.98.